The van der Waals surface area contributed by atoms with Gasteiger partial charge in [0.15, 0.2) is 5.84 Å². The Kier molecular flexibility index (Phi) is 6.76. The van der Waals surface area contributed by atoms with Gasteiger partial charge < -0.3 is 25.3 Å². The number of amidine groups is 4. The number of rotatable bonds is 0. The Morgan fingerprint density at radius 1 is 0.689 bits per heavy atom. The van der Waals surface area contributed by atoms with Gasteiger partial charge >= 0.3 is 17.1 Å². The van der Waals surface area contributed by atoms with E-state index in [1.54, 1.807) is 18.2 Å². The Hall–Kier alpha value is -3.82. The van der Waals surface area contributed by atoms with E-state index in [4.69, 9.17) is 86.7 Å². The summed E-state index contributed by atoms with van der Waals surface area (Å²) in [6.07, 6.45) is 5.12. The molecule has 4 aliphatic heterocycles. The molecule has 221 valence electrons. The van der Waals surface area contributed by atoms with E-state index in [1.165, 1.54) is 0 Å². The number of fused-ring (bicyclic) bond motifs is 17. The number of nitrogens with zero attached hydrogens (tertiary/aromatic N) is 8. The summed E-state index contributed by atoms with van der Waals surface area (Å²) in [6, 6.07) is 16.6. The van der Waals surface area contributed by atoms with E-state index in [-0.39, 0.29) is 23.0 Å². The summed E-state index contributed by atoms with van der Waals surface area (Å²) >= 11 is 26.6. The van der Waals surface area contributed by atoms with Crippen molar-refractivity contribution in [2.45, 2.75) is 6.17 Å². The molecule has 8 nitrogen and oxygen atoms in total. The third-order valence-corrected chi connectivity index (χ3v) is 9.11. The third kappa shape index (κ3) is 4.41. The molecule has 5 heterocycles. The Labute approximate surface area is 285 Å². The van der Waals surface area contributed by atoms with E-state index in [1.807, 2.05) is 54.6 Å². The van der Waals surface area contributed by atoms with Gasteiger partial charge in [-0.05, 0) is 41.3 Å². The fourth-order valence-electron chi connectivity index (χ4n) is 5.95. The first kappa shape index (κ1) is 28.6. The Morgan fingerprint density at radius 2 is 1.47 bits per heavy atom. The van der Waals surface area contributed by atoms with Crippen LogP contribution < -0.4 is 16.0 Å². The van der Waals surface area contributed by atoms with Crippen LogP contribution in [0.25, 0.3) is 16.1 Å². The molecule has 9 rings (SSSR count). The minimum absolute atomic E-state index is 0. The summed E-state index contributed by atoms with van der Waals surface area (Å²) in [7, 11) is 0. The van der Waals surface area contributed by atoms with Crippen LogP contribution in [-0.2, 0) is 17.1 Å². The van der Waals surface area contributed by atoms with E-state index in [0.29, 0.717) is 82.1 Å². The maximum Gasteiger partial charge on any atom is 2.00 e. The molecule has 2 atom stereocenters. The molecule has 5 aliphatic rings. The number of hydrogen-bond acceptors (Lipinski definition) is 6. The van der Waals surface area contributed by atoms with Crippen molar-refractivity contribution >= 4 is 80.5 Å². The first-order valence-electron chi connectivity index (χ1n) is 13.5. The fraction of sp³-hybridized carbons (Fsp3) is 0.0625. The molecule has 0 saturated carbocycles. The molecule has 0 amide bonds. The summed E-state index contributed by atoms with van der Waals surface area (Å²) < 4.78 is 0. The Morgan fingerprint density at radius 3 is 2.36 bits per heavy atom. The van der Waals surface area contributed by atoms with E-state index in [0.717, 1.165) is 16.7 Å². The van der Waals surface area contributed by atoms with Crippen molar-refractivity contribution in [3.63, 3.8) is 0 Å². The molecule has 3 aromatic carbocycles. The Balaban J connectivity index is 0.00000300. The van der Waals surface area contributed by atoms with Gasteiger partial charge in [-0.3, -0.25) is 4.99 Å². The molecule has 8 bridgehead atoms. The maximum atomic E-state index is 6.75. The molecule has 1 radical (unpaired) electrons. The first-order chi connectivity index (χ1) is 21.4. The van der Waals surface area contributed by atoms with Crippen molar-refractivity contribution in [3.05, 3.63) is 143 Å². The van der Waals surface area contributed by atoms with Crippen molar-refractivity contribution in [1.29, 1.82) is 0 Å². The largest absolute Gasteiger partial charge is 2.00 e. The maximum absolute atomic E-state index is 6.75. The normalized spacial score (nSPS) is 20.4. The summed E-state index contributed by atoms with van der Waals surface area (Å²) in [5, 5.41) is 8.34. The molecular formula is C32H14Cl4CuN8. The summed E-state index contributed by atoms with van der Waals surface area (Å²) in [5.41, 5.74) is 4.37. The van der Waals surface area contributed by atoms with E-state index in [2.05, 4.69) is 0 Å². The Bertz CT molecular complexity index is 2380. The number of allylic oxidation sites excluding steroid dienone is 3. The van der Waals surface area contributed by atoms with Crippen LogP contribution in [0.5, 0.6) is 0 Å². The summed E-state index contributed by atoms with van der Waals surface area (Å²) in [4.78, 5) is 34.3. The number of halogens is 4. The summed E-state index contributed by atoms with van der Waals surface area (Å²) in [6.45, 7) is 0. The van der Waals surface area contributed by atoms with Gasteiger partial charge in [-0.2, -0.15) is 0 Å². The van der Waals surface area contributed by atoms with Crippen LogP contribution in [0.1, 0.15) is 22.3 Å². The van der Waals surface area contributed by atoms with Gasteiger partial charge in [-0.1, -0.05) is 94.7 Å². The smallest absolute Gasteiger partial charge is 0.441 e. The van der Waals surface area contributed by atoms with Gasteiger partial charge in [-0.15, -0.1) is 0 Å². The van der Waals surface area contributed by atoms with Crippen molar-refractivity contribution in [2.24, 2.45) is 35.9 Å². The van der Waals surface area contributed by atoms with Crippen molar-refractivity contribution in [1.82, 2.24) is 4.98 Å². The van der Waals surface area contributed by atoms with Gasteiger partial charge in [0.1, 0.15) is 0 Å². The number of aromatic nitrogens is 1. The molecule has 2 unspecified atom stereocenters. The third-order valence-electron chi connectivity index (χ3n) is 7.91. The average molecular weight is 716 g/mol. The second-order valence-electron chi connectivity index (χ2n) is 10.5. The van der Waals surface area contributed by atoms with Crippen LogP contribution in [0.15, 0.2) is 119 Å². The van der Waals surface area contributed by atoms with Gasteiger partial charge in [-0.25, -0.2) is 9.98 Å². The zero-order valence-electron chi connectivity index (χ0n) is 22.5. The molecule has 0 N–H and O–H groups in total. The molecule has 0 saturated heterocycles. The van der Waals surface area contributed by atoms with E-state index in [9.17, 15) is 0 Å². The van der Waals surface area contributed by atoms with Crippen LogP contribution in [0, 0.1) is 5.92 Å². The molecule has 45 heavy (non-hydrogen) atoms. The van der Waals surface area contributed by atoms with Gasteiger partial charge in [0.05, 0.1) is 28.7 Å². The van der Waals surface area contributed by atoms with Crippen LogP contribution >= 0.6 is 46.4 Å². The fourth-order valence-corrected chi connectivity index (χ4v) is 6.92. The molecule has 0 fully saturated rings. The molecule has 0 spiro atoms. The SMILES string of the molecule is ClC1=CC=CC2C1=C1N=C3N=C(N=c4[n-]c(c5c(Cl)cccc45)=NC4=NC(=NC2[N-]1)c1cc(Cl)ccc14)c1cccc(Cl)c13.[Cu+2]. The molecule has 13 heteroatoms. The van der Waals surface area contributed by atoms with Gasteiger partial charge in [0.25, 0.3) is 0 Å². The predicted octanol–water partition coefficient (Wildman–Crippen LogP) is 6.66. The molecular weight excluding hydrogens is 702 g/mol. The second kappa shape index (κ2) is 10.6. The monoisotopic (exact) mass is 713 g/mol. The van der Waals surface area contributed by atoms with Crippen molar-refractivity contribution in [2.75, 3.05) is 0 Å². The van der Waals surface area contributed by atoms with E-state index < -0.39 is 6.17 Å². The van der Waals surface area contributed by atoms with Crippen LogP contribution in [0.3, 0.4) is 0 Å². The number of aliphatic imine (C=N–C) groups is 4. The molecule has 4 aromatic rings. The minimum atomic E-state index is -0.597. The van der Waals surface area contributed by atoms with Crippen LogP contribution in [0.2, 0.25) is 15.1 Å². The predicted molar refractivity (Wildman–Crippen MR) is 174 cm³/mol. The number of hydrogen-bond donors (Lipinski definition) is 0. The quantitative estimate of drug-likeness (QED) is 0.187. The van der Waals surface area contributed by atoms with E-state index >= 15 is 0 Å². The average Bonchev–Trinajstić information content (AvgIpc) is 3.73. The first-order valence-corrected chi connectivity index (χ1v) is 15.1. The van der Waals surface area contributed by atoms with Crippen molar-refractivity contribution < 1.29 is 17.1 Å². The zero-order chi connectivity index (χ0) is 29.7. The topological polar surface area (TPSA) is 102 Å². The summed E-state index contributed by atoms with van der Waals surface area (Å²) in [5.74, 6) is 1.78. The number of benzene rings is 3. The zero-order valence-corrected chi connectivity index (χ0v) is 26.4. The van der Waals surface area contributed by atoms with Crippen LogP contribution in [-0.4, -0.2) is 29.5 Å². The van der Waals surface area contributed by atoms with Crippen molar-refractivity contribution in [3.8, 4) is 0 Å². The van der Waals surface area contributed by atoms with Crippen LogP contribution in [0.4, 0.5) is 0 Å². The minimum Gasteiger partial charge on any atom is -0.441 e. The van der Waals surface area contributed by atoms with Gasteiger partial charge in [0, 0.05) is 59.6 Å². The van der Waals surface area contributed by atoms with Gasteiger partial charge in [0.2, 0.25) is 0 Å². The second-order valence-corrected chi connectivity index (χ2v) is 12.1. The standard InChI is InChI=1S/C32H14Cl4N8.Cu/c33-13-10-11-14-18(12-13)29-37-25(14)40-30-22-15(4-1-7-19(22)34)26(41-30)38-27-16-5-2-8-20(35)23(16)31(42-27)44-32-24-17(28(39-29)43-32)6-3-9-21(24)36;/h1-12,17,28H;/q-2;+2. The molecule has 1 aliphatic carbocycles. The molecule has 1 aromatic heterocycles.